The fourth-order valence-electron chi connectivity index (χ4n) is 3.80. The van der Waals surface area contributed by atoms with E-state index in [4.69, 9.17) is 4.74 Å². The van der Waals surface area contributed by atoms with Crippen molar-refractivity contribution in [2.75, 3.05) is 7.11 Å². The SMILES string of the molecule is COC1=C2[C@@H](CC1=O)C[C@]1(O)CCC[C@H]21. The third-order valence-electron chi connectivity index (χ3n) is 4.32. The smallest absolute Gasteiger partial charge is 0.197 e. The molecular formula is C12H16O3. The van der Waals surface area contributed by atoms with E-state index in [2.05, 4.69) is 0 Å². The molecule has 0 spiro atoms. The van der Waals surface area contributed by atoms with Gasteiger partial charge < -0.3 is 9.84 Å². The highest BCUT2D eigenvalue weighted by Crippen LogP contribution is 2.57. The number of allylic oxidation sites excluding steroid dienone is 1. The molecule has 0 aromatic carbocycles. The summed E-state index contributed by atoms with van der Waals surface area (Å²) in [6, 6.07) is 0. The second kappa shape index (κ2) is 2.85. The molecule has 82 valence electrons. The molecule has 2 fully saturated rings. The van der Waals surface area contributed by atoms with Crippen molar-refractivity contribution in [3.63, 3.8) is 0 Å². The van der Waals surface area contributed by atoms with Crippen molar-refractivity contribution in [1.29, 1.82) is 0 Å². The van der Waals surface area contributed by atoms with E-state index in [9.17, 15) is 9.90 Å². The predicted octanol–water partition coefficient (Wildman–Crippen LogP) is 1.41. The molecule has 3 nitrogen and oxygen atoms in total. The Morgan fingerprint density at radius 1 is 1.53 bits per heavy atom. The summed E-state index contributed by atoms with van der Waals surface area (Å²) >= 11 is 0. The minimum absolute atomic E-state index is 0.131. The Hall–Kier alpha value is -0.830. The number of ketones is 1. The van der Waals surface area contributed by atoms with Crippen LogP contribution in [-0.2, 0) is 9.53 Å². The van der Waals surface area contributed by atoms with E-state index in [0.717, 1.165) is 31.3 Å². The standard InChI is InChI=1S/C12H16O3/c1-15-11-9(13)5-7-6-12(14)4-2-3-8(12)10(7)11/h7-8,14H,2-6H2,1H3/t7-,8+,12+/m0/s1. The number of ether oxygens (including phenoxy) is 1. The van der Waals surface area contributed by atoms with Gasteiger partial charge in [0, 0.05) is 12.3 Å². The summed E-state index contributed by atoms with van der Waals surface area (Å²) < 4.78 is 5.21. The minimum atomic E-state index is -0.523. The van der Waals surface area contributed by atoms with Gasteiger partial charge in [0.25, 0.3) is 0 Å². The molecule has 1 N–H and O–H groups in total. The lowest BCUT2D eigenvalue weighted by atomic mass is 9.92. The van der Waals surface area contributed by atoms with Crippen molar-refractivity contribution in [3.05, 3.63) is 11.3 Å². The lowest BCUT2D eigenvalue weighted by Gasteiger charge is -2.22. The van der Waals surface area contributed by atoms with E-state index in [0.29, 0.717) is 12.2 Å². The molecule has 3 aliphatic rings. The Morgan fingerprint density at radius 3 is 3.07 bits per heavy atom. The zero-order valence-corrected chi connectivity index (χ0v) is 8.95. The van der Waals surface area contributed by atoms with Crippen molar-refractivity contribution in [1.82, 2.24) is 0 Å². The molecule has 0 amide bonds. The summed E-state index contributed by atoms with van der Waals surface area (Å²) in [7, 11) is 1.56. The summed E-state index contributed by atoms with van der Waals surface area (Å²) in [5.41, 5.74) is 0.604. The van der Waals surface area contributed by atoms with Gasteiger partial charge in [-0.25, -0.2) is 0 Å². The normalized spacial score (nSPS) is 43.5. The molecule has 0 bridgehead atoms. The van der Waals surface area contributed by atoms with Crippen molar-refractivity contribution in [2.45, 2.75) is 37.7 Å². The first kappa shape index (κ1) is 9.40. The van der Waals surface area contributed by atoms with Gasteiger partial charge in [0.1, 0.15) is 0 Å². The monoisotopic (exact) mass is 208 g/mol. The summed E-state index contributed by atoms with van der Waals surface area (Å²) in [6.07, 6.45) is 4.30. The highest BCUT2D eigenvalue weighted by molar-refractivity contribution is 5.97. The Bertz CT molecular complexity index is 358. The molecule has 15 heavy (non-hydrogen) atoms. The molecule has 0 unspecified atom stereocenters. The zero-order chi connectivity index (χ0) is 10.6. The fraction of sp³-hybridized carbons (Fsp3) is 0.750. The maximum absolute atomic E-state index is 11.6. The largest absolute Gasteiger partial charge is 0.493 e. The van der Waals surface area contributed by atoms with Crippen LogP contribution in [0.5, 0.6) is 0 Å². The number of carbonyl (C=O) groups excluding carboxylic acids is 1. The van der Waals surface area contributed by atoms with Crippen LogP contribution in [0, 0.1) is 11.8 Å². The maximum Gasteiger partial charge on any atom is 0.197 e. The van der Waals surface area contributed by atoms with Crippen molar-refractivity contribution >= 4 is 5.78 Å². The van der Waals surface area contributed by atoms with Crippen LogP contribution in [-0.4, -0.2) is 23.6 Å². The first-order chi connectivity index (χ1) is 7.15. The van der Waals surface area contributed by atoms with Crippen LogP contribution >= 0.6 is 0 Å². The van der Waals surface area contributed by atoms with E-state index in [1.807, 2.05) is 0 Å². The van der Waals surface area contributed by atoms with Crippen LogP contribution < -0.4 is 0 Å². The molecule has 0 aromatic rings. The third kappa shape index (κ3) is 1.07. The first-order valence-electron chi connectivity index (χ1n) is 5.69. The highest BCUT2D eigenvalue weighted by Gasteiger charge is 2.56. The van der Waals surface area contributed by atoms with Gasteiger partial charge in [0.15, 0.2) is 11.5 Å². The van der Waals surface area contributed by atoms with Gasteiger partial charge in [-0.3, -0.25) is 4.79 Å². The Kier molecular flexibility index (Phi) is 1.78. The number of hydrogen-bond acceptors (Lipinski definition) is 3. The molecule has 2 saturated carbocycles. The molecule has 0 aliphatic heterocycles. The summed E-state index contributed by atoms with van der Waals surface area (Å²) in [4.78, 5) is 11.6. The van der Waals surface area contributed by atoms with E-state index >= 15 is 0 Å². The first-order valence-corrected chi connectivity index (χ1v) is 5.69. The molecule has 3 rings (SSSR count). The molecule has 0 saturated heterocycles. The molecule has 0 radical (unpaired) electrons. The van der Waals surface area contributed by atoms with Gasteiger partial charge in [0.2, 0.25) is 0 Å². The van der Waals surface area contributed by atoms with Crippen LogP contribution in [0.1, 0.15) is 32.1 Å². The quantitative estimate of drug-likeness (QED) is 0.708. The highest BCUT2D eigenvalue weighted by atomic mass is 16.5. The van der Waals surface area contributed by atoms with Gasteiger partial charge in [0.05, 0.1) is 12.7 Å². The minimum Gasteiger partial charge on any atom is -0.493 e. The second-order valence-electron chi connectivity index (χ2n) is 5.07. The topological polar surface area (TPSA) is 46.5 Å². The van der Waals surface area contributed by atoms with Crippen LogP contribution in [0.2, 0.25) is 0 Å². The number of hydrogen-bond donors (Lipinski definition) is 1. The number of methoxy groups -OCH3 is 1. The van der Waals surface area contributed by atoms with Crippen molar-refractivity contribution < 1.29 is 14.6 Å². The molecular weight excluding hydrogens is 192 g/mol. The summed E-state index contributed by atoms with van der Waals surface area (Å²) in [5.74, 6) is 1.15. The van der Waals surface area contributed by atoms with Gasteiger partial charge in [-0.15, -0.1) is 0 Å². The third-order valence-corrected chi connectivity index (χ3v) is 4.32. The number of carbonyl (C=O) groups is 1. The molecule has 3 heteroatoms. The van der Waals surface area contributed by atoms with Crippen LogP contribution in [0.4, 0.5) is 0 Å². The van der Waals surface area contributed by atoms with Crippen molar-refractivity contribution in [3.8, 4) is 0 Å². The lowest BCUT2D eigenvalue weighted by molar-refractivity contribution is -0.118. The van der Waals surface area contributed by atoms with E-state index in [1.54, 1.807) is 7.11 Å². The molecule has 0 aromatic heterocycles. The van der Waals surface area contributed by atoms with Crippen molar-refractivity contribution in [2.24, 2.45) is 11.8 Å². The van der Waals surface area contributed by atoms with Gasteiger partial charge >= 0.3 is 0 Å². The predicted molar refractivity (Wildman–Crippen MR) is 54.1 cm³/mol. The number of Topliss-reactive ketones (excluding diaryl/α,β-unsaturated/α-hetero) is 1. The maximum atomic E-state index is 11.6. The molecule has 0 heterocycles. The summed E-state index contributed by atoms with van der Waals surface area (Å²) in [6.45, 7) is 0. The fourth-order valence-corrected chi connectivity index (χ4v) is 3.80. The van der Waals surface area contributed by atoms with Gasteiger partial charge in [-0.05, 0) is 37.2 Å². The van der Waals surface area contributed by atoms with E-state index in [-0.39, 0.29) is 17.6 Å². The zero-order valence-electron chi connectivity index (χ0n) is 8.95. The Labute approximate surface area is 89.1 Å². The summed E-state index contributed by atoms with van der Waals surface area (Å²) in [5, 5.41) is 10.4. The average Bonchev–Trinajstić information content (AvgIpc) is 2.72. The Balaban J connectivity index is 2.06. The molecule has 3 atom stereocenters. The van der Waals surface area contributed by atoms with E-state index in [1.165, 1.54) is 0 Å². The number of aliphatic hydroxyl groups is 1. The van der Waals surface area contributed by atoms with Crippen LogP contribution in [0.3, 0.4) is 0 Å². The van der Waals surface area contributed by atoms with Gasteiger partial charge in [-0.2, -0.15) is 0 Å². The van der Waals surface area contributed by atoms with Crippen LogP contribution in [0.15, 0.2) is 11.3 Å². The Morgan fingerprint density at radius 2 is 2.33 bits per heavy atom. The van der Waals surface area contributed by atoms with Gasteiger partial charge in [-0.1, -0.05) is 0 Å². The van der Waals surface area contributed by atoms with E-state index < -0.39 is 5.60 Å². The van der Waals surface area contributed by atoms with Crippen LogP contribution in [0.25, 0.3) is 0 Å². The number of rotatable bonds is 1. The number of fused-ring (bicyclic) bond motifs is 3. The average molecular weight is 208 g/mol. The molecule has 3 aliphatic carbocycles. The second-order valence-corrected chi connectivity index (χ2v) is 5.07. The lowest BCUT2D eigenvalue weighted by Crippen LogP contribution is -2.28.